The molecule has 0 atom stereocenters. The molecule has 0 aromatic heterocycles. The van der Waals surface area contributed by atoms with E-state index in [9.17, 15) is 9.59 Å². The van der Waals surface area contributed by atoms with Gasteiger partial charge in [-0.25, -0.2) is 4.79 Å². The first kappa shape index (κ1) is 19.5. The zero-order chi connectivity index (χ0) is 19.9. The molecule has 1 heterocycles. The quantitative estimate of drug-likeness (QED) is 0.430. The molecular formula is C22H22O6. The smallest absolute Gasteiger partial charge is 0.331 e. The van der Waals surface area contributed by atoms with Crippen molar-refractivity contribution >= 4 is 17.8 Å². The summed E-state index contributed by atoms with van der Waals surface area (Å²) in [6.45, 7) is 2.72. The predicted molar refractivity (Wildman–Crippen MR) is 104 cm³/mol. The topological polar surface area (TPSA) is 71.1 Å². The van der Waals surface area contributed by atoms with E-state index in [0.717, 1.165) is 12.0 Å². The molecule has 0 unspecified atom stereocenters. The van der Waals surface area contributed by atoms with E-state index in [1.165, 1.54) is 20.1 Å². The minimum Gasteiger partial charge on any atom is -0.496 e. The molecule has 0 bridgehead atoms. The van der Waals surface area contributed by atoms with E-state index in [-0.39, 0.29) is 12.4 Å². The van der Waals surface area contributed by atoms with Gasteiger partial charge in [0.2, 0.25) is 0 Å². The van der Waals surface area contributed by atoms with E-state index in [1.54, 1.807) is 24.3 Å². The summed E-state index contributed by atoms with van der Waals surface area (Å²) < 4.78 is 21.8. The fourth-order valence-corrected chi connectivity index (χ4v) is 2.76. The number of ketones is 1. The Morgan fingerprint density at radius 2 is 1.86 bits per heavy atom. The lowest BCUT2D eigenvalue weighted by Gasteiger charge is -2.10. The number of rotatable bonds is 6. The van der Waals surface area contributed by atoms with Crippen molar-refractivity contribution in [1.82, 2.24) is 0 Å². The average Bonchev–Trinajstić information content (AvgIpc) is 2.95. The van der Waals surface area contributed by atoms with Gasteiger partial charge in [-0.1, -0.05) is 6.07 Å². The number of benzene rings is 2. The largest absolute Gasteiger partial charge is 0.496 e. The number of carbonyl (C=O) groups is 2. The molecule has 0 saturated heterocycles. The Kier molecular flexibility index (Phi) is 6.32. The lowest BCUT2D eigenvalue weighted by atomic mass is 10.1. The van der Waals surface area contributed by atoms with E-state index < -0.39 is 5.97 Å². The number of Topliss-reactive ketones (excluding diaryl/α,β-unsaturated/α-hetero) is 1. The van der Waals surface area contributed by atoms with Crippen LogP contribution in [-0.4, -0.2) is 32.1 Å². The van der Waals surface area contributed by atoms with Crippen molar-refractivity contribution in [3.05, 3.63) is 59.2 Å². The summed E-state index contributed by atoms with van der Waals surface area (Å²) >= 11 is 0. The summed E-state index contributed by atoms with van der Waals surface area (Å²) in [5.74, 6) is 1.37. The number of carbonyl (C=O) groups excluding carboxylic acids is 2. The van der Waals surface area contributed by atoms with Crippen LogP contribution in [0.25, 0.3) is 6.08 Å². The van der Waals surface area contributed by atoms with Crippen LogP contribution >= 0.6 is 0 Å². The molecule has 1 aliphatic heterocycles. The van der Waals surface area contributed by atoms with Crippen LogP contribution in [0.3, 0.4) is 0 Å². The Balaban J connectivity index is 1.64. The van der Waals surface area contributed by atoms with Gasteiger partial charge in [0.05, 0.1) is 20.3 Å². The van der Waals surface area contributed by atoms with Gasteiger partial charge in [0.15, 0.2) is 17.3 Å². The number of hydrogen-bond donors (Lipinski definition) is 0. The van der Waals surface area contributed by atoms with Gasteiger partial charge in [0.25, 0.3) is 0 Å². The molecule has 0 saturated carbocycles. The number of ether oxygens (including phenoxy) is 4. The highest BCUT2D eigenvalue weighted by Gasteiger charge is 2.11. The van der Waals surface area contributed by atoms with Crippen LogP contribution in [0, 0.1) is 0 Å². The van der Waals surface area contributed by atoms with Crippen molar-refractivity contribution in [3.63, 3.8) is 0 Å². The highest BCUT2D eigenvalue weighted by atomic mass is 16.5. The first-order valence-corrected chi connectivity index (χ1v) is 8.99. The first-order valence-electron chi connectivity index (χ1n) is 8.99. The fraction of sp³-hybridized carbons (Fsp3) is 0.273. The van der Waals surface area contributed by atoms with Crippen molar-refractivity contribution in [2.75, 3.05) is 20.3 Å². The summed E-state index contributed by atoms with van der Waals surface area (Å²) in [5, 5.41) is 0. The Morgan fingerprint density at radius 1 is 1.07 bits per heavy atom. The molecule has 0 fully saturated rings. The third-order valence-corrected chi connectivity index (χ3v) is 4.24. The van der Waals surface area contributed by atoms with Crippen molar-refractivity contribution in [3.8, 4) is 17.2 Å². The number of esters is 1. The Bertz CT molecular complexity index is 900. The molecule has 0 aliphatic carbocycles. The molecule has 2 aromatic carbocycles. The standard InChI is InChI=1S/C22H22O6/c1-15(23)17-6-8-19(25-2)18(13-17)14-28-22(24)9-5-16-4-7-20-21(12-16)27-11-3-10-26-20/h4-9,12-13H,3,10-11,14H2,1-2H3/b9-5+. The van der Waals surface area contributed by atoms with Gasteiger partial charge in [-0.3, -0.25) is 4.79 Å². The molecule has 28 heavy (non-hydrogen) atoms. The average molecular weight is 382 g/mol. The van der Waals surface area contributed by atoms with Gasteiger partial charge in [-0.05, 0) is 48.9 Å². The second-order valence-corrected chi connectivity index (χ2v) is 6.28. The first-order chi connectivity index (χ1) is 13.6. The summed E-state index contributed by atoms with van der Waals surface area (Å²) in [6, 6.07) is 10.5. The minimum absolute atomic E-state index is 0.00854. The normalized spacial score (nSPS) is 13.1. The van der Waals surface area contributed by atoms with E-state index >= 15 is 0 Å². The number of hydrogen-bond acceptors (Lipinski definition) is 6. The van der Waals surface area contributed by atoms with Crippen LogP contribution in [0.2, 0.25) is 0 Å². The van der Waals surface area contributed by atoms with Crippen molar-refractivity contribution in [2.45, 2.75) is 20.0 Å². The maximum absolute atomic E-state index is 12.1. The molecule has 0 spiro atoms. The highest BCUT2D eigenvalue weighted by Crippen LogP contribution is 2.30. The molecule has 6 heteroatoms. The van der Waals surface area contributed by atoms with Crippen LogP contribution in [0.5, 0.6) is 17.2 Å². The summed E-state index contributed by atoms with van der Waals surface area (Å²) in [6.07, 6.45) is 3.83. The minimum atomic E-state index is -0.498. The van der Waals surface area contributed by atoms with Gasteiger partial charge >= 0.3 is 5.97 Å². The van der Waals surface area contributed by atoms with Crippen molar-refractivity contribution < 1.29 is 28.5 Å². The van der Waals surface area contributed by atoms with Crippen LogP contribution < -0.4 is 14.2 Å². The summed E-state index contributed by atoms with van der Waals surface area (Å²) in [4.78, 5) is 23.6. The van der Waals surface area contributed by atoms with Gasteiger partial charge in [0.1, 0.15) is 12.4 Å². The van der Waals surface area contributed by atoms with Crippen LogP contribution in [0.1, 0.15) is 34.8 Å². The molecule has 0 radical (unpaired) electrons. The summed E-state index contributed by atoms with van der Waals surface area (Å²) in [7, 11) is 1.53. The van der Waals surface area contributed by atoms with Crippen molar-refractivity contribution in [2.24, 2.45) is 0 Å². The molecule has 0 N–H and O–H groups in total. The third kappa shape index (κ3) is 4.91. The maximum atomic E-state index is 12.1. The van der Waals surface area contributed by atoms with E-state index in [4.69, 9.17) is 18.9 Å². The Morgan fingerprint density at radius 3 is 2.61 bits per heavy atom. The van der Waals surface area contributed by atoms with Gasteiger partial charge < -0.3 is 18.9 Å². The molecule has 6 nitrogen and oxygen atoms in total. The van der Waals surface area contributed by atoms with E-state index in [0.29, 0.717) is 41.6 Å². The van der Waals surface area contributed by atoms with Crippen molar-refractivity contribution in [1.29, 1.82) is 0 Å². The Hall–Kier alpha value is -3.28. The fourth-order valence-electron chi connectivity index (χ4n) is 2.76. The highest BCUT2D eigenvalue weighted by molar-refractivity contribution is 5.94. The summed E-state index contributed by atoms with van der Waals surface area (Å²) in [5.41, 5.74) is 1.97. The second kappa shape index (κ2) is 9.08. The zero-order valence-electron chi connectivity index (χ0n) is 15.9. The molecule has 3 rings (SSSR count). The van der Waals surface area contributed by atoms with Crippen LogP contribution in [0.15, 0.2) is 42.5 Å². The maximum Gasteiger partial charge on any atom is 0.331 e. The van der Waals surface area contributed by atoms with E-state index in [1.807, 2.05) is 18.2 Å². The van der Waals surface area contributed by atoms with Gasteiger partial charge in [-0.2, -0.15) is 0 Å². The van der Waals surface area contributed by atoms with Crippen LogP contribution in [0.4, 0.5) is 0 Å². The lowest BCUT2D eigenvalue weighted by molar-refractivity contribution is -0.138. The molecule has 1 aliphatic rings. The molecular weight excluding hydrogens is 360 g/mol. The van der Waals surface area contributed by atoms with Gasteiger partial charge in [0, 0.05) is 23.6 Å². The Labute approximate surface area is 163 Å². The molecule has 2 aromatic rings. The lowest BCUT2D eigenvalue weighted by Crippen LogP contribution is -2.04. The predicted octanol–water partition coefficient (Wildman–Crippen LogP) is 3.82. The third-order valence-electron chi connectivity index (χ3n) is 4.24. The zero-order valence-corrected chi connectivity index (χ0v) is 15.9. The molecule has 0 amide bonds. The van der Waals surface area contributed by atoms with Gasteiger partial charge in [-0.15, -0.1) is 0 Å². The van der Waals surface area contributed by atoms with E-state index in [2.05, 4.69) is 0 Å². The number of fused-ring (bicyclic) bond motifs is 1. The second-order valence-electron chi connectivity index (χ2n) is 6.28. The molecule has 146 valence electrons. The number of methoxy groups -OCH3 is 1. The van der Waals surface area contributed by atoms with Crippen LogP contribution in [-0.2, 0) is 16.1 Å². The monoisotopic (exact) mass is 382 g/mol. The SMILES string of the molecule is COc1ccc(C(C)=O)cc1COC(=O)/C=C/c1ccc2c(c1)OCCCO2.